The van der Waals surface area contributed by atoms with Gasteiger partial charge in [0.1, 0.15) is 5.75 Å². The summed E-state index contributed by atoms with van der Waals surface area (Å²) in [7, 11) is 0. The Balaban J connectivity index is 3.66. The molecule has 0 atom stereocenters. The molecule has 0 aromatic heterocycles. The van der Waals surface area contributed by atoms with Crippen LogP contribution in [0.4, 0.5) is 94.8 Å². The minimum Gasteiger partial charge on any atom is -0.430 e. The van der Waals surface area contributed by atoms with E-state index < -0.39 is 70.9 Å². The SMILES string of the molecule is Nc1ccc(OC(F)=C(F)C(F)(F)C(F)(F)C(F)(F)C(F)(F)C(F)(F)C(F)(F)C(F)(F)C(F)(F)F)cc1N. The van der Waals surface area contributed by atoms with Crippen LogP contribution in [0.15, 0.2) is 30.0 Å². The number of benzene rings is 1. The van der Waals surface area contributed by atoms with Crippen molar-refractivity contribution in [2.24, 2.45) is 0 Å². The molecule has 0 aliphatic rings. The molecule has 0 aliphatic heterocycles. The first-order valence-corrected chi connectivity index (χ1v) is 8.56. The maximum Gasteiger partial charge on any atom is 0.460 e. The van der Waals surface area contributed by atoms with Gasteiger partial charge in [-0.1, -0.05) is 0 Å². The van der Waals surface area contributed by atoms with Gasteiger partial charge in [-0.15, -0.1) is 0 Å². The number of ether oxygens (including phenoxy) is 1. The molecule has 0 unspecified atom stereocenters. The number of alkyl halides is 17. The van der Waals surface area contributed by atoms with Crippen molar-refractivity contribution in [3.63, 3.8) is 0 Å². The lowest BCUT2D eigenvalue weighted by Crippen LogP contribution is -2.74. The van der Waals surface area contributed by atoms with Gasteiger partial charge < -0.3 is 16.2 Å². The highest BCUT2D eigenvalue weighted by Crippen LogP contribution is 2.64. The lowest BCUT2D eigenvalue weighted by atomic mass is 9.88. The van der Waals surface area contributed by atoms with Gasteiger partial charge in [0.2, 0.25) is 5.83 Å². The summed E-state index contributed by atoms with van der Waals surface area (Å²) in [6.45, 7) is 0. The van der Waals surface area contributed by atoms with Gasteiger partial charge in [0.25, 0.3) is 0 Å². The Morgan fingerprint density at radius 1 is 0.526 bits per heavy atom. The van der Waals surface area contributed by atoms with E-state index in [0.717, 1.165) is 0 Å². The van der Waals surface area contributed by atoms with Crippen LogP contribution < -0.4 is 16.2 Å². The van der Waals surface area contributed by atoms with Gasteiger partial charge in [-0.2, -0.15) is 83.4 Å². The molecule has 4 N–H and O–H groups in total. The number of nitrogens with two attached hydrogens (primary N) is 2. The Kier molecular flexibility index (Phi) is 7.88. The summed E-state index contributed by atoms with van der Waals surface area (Å²) in [4.78, 5) is 0. The molecule has 1 aromatic rings. The summed E-state index contributed by atoms with van der Waals surface area (Å²) in [5.74, 6) is -65.7. The highest BCUT2D eigenvalue weighted by atomic mass is 19.4. The van der Waals surface area contributed by atoms with E-state index in [-0.39, 0.29) is 5.69 Å². The first kappa shape index (κ1) is 33.1. The zero-order valence-electron chi connectivity index (χ0n) is 17.0. The summed E-state index contributed by atoms with van der Waals surface area (Å²) >= 11 is 0. The van der Waals surface area contributed by atoms with Crippen LogP contribution in [-0.4, -0.2) is 47.6 Å². The Bertz CT molecular complexity index is 1070. The third kappa shape index (κ3) is 4.47. The third-order valence-electron chi connectivity index (χ3n) is 4.44. The minimum atomic E-state index is -8.94. The standard InChI is InChI=1S/C16H7F19N2O/c17-7(8(18)38-4-1-2-5(36)6(37)3-4)9(19,20)10(21,22)11(23,24)12(25,26)13(27,28)14(29,30)15(31,32)16(33,34)35/h1-3H,36-37H2. The minimum absolute atomic E-state index is 0.352. The first-order chi connectivity index (χ1) is 16.5. The maximum atomic E-state index is 13.7. The molecule has 0 radical (unpaired) electrons. The van der Waals surface area contributed by atoms with Crippen LogP contribution in [-0.2, 0) is 0 Å². The fourth-order valence-electron chi connectivity index (χ4n) is 2.19. The number of nitrogen functional groups attached to an aromatic ring is 2. The molecule has 220 valence electrons. The molecule has 22 heteroatoms. The van der Waals surface area contributed by atoms with Crippen LogP contribution in [0.2, 0.25) is 0 Å². The molecule has 0 saturated heterocycles. The predicted molar refractivity (Wildman–Crippen MR) is 85.8 cm³/mol. The van der Waals surface area contributed by atoms with Crippen LogP contribution in [0.3, 0.4) is 0 Å². The molecular weight excluding hydrogens is 597 g/mol. The van der Waals surface area contributed by atoms with E-state index in [0.29, 0.717) is 18.2 Å². The van der Waals surface area contributed by atoms with Gasteiger partial charge in [0, 0.05) is 6.07 Å². The van der Waals surface area contributed by atoms with Gasteiger partial charge in [0.15, 0.2) is 0 Å². The van der Waals surface area contributed by atoms with Crippen LogP contribution in [0.5, 0.6) is 5.75 Å². The van der Waals surface area contributed by atoms with E-state index in [1.165, 1.54) is 0 Å². The lowest BCUT2D eigenvalue weighted by Gasteiger charge is -2.42. The number of hydrogen-bond donors (Lipinski definition) is 2. The quantitative estimate of drug-likeness (QED) is 0.176. The second-order valence-corrected chi connectivity index (χ2v) is 7.00. The molecule has 38 heavy (non-hydrogen) atoms. The van der Waals surface area contributed by atoms with E-state index in [2.05, 4.69) is 4.74 Å². The van der Waals surface area contributed by atoms with Gasteiger partial charge in [0.05, 0.1) is 11.4 Å². The van der Waals surface area contributed by atoms with Crippen molar-refractivity contribution in [2.75, 3.05) is 11.5 Å². The lowest BCUT2D eigenvalue weighted by molar-refractivity contribution is -0.460. The Labute approximate surface area is 195 Å². The Morgan fingerprint density at radius 3 is 1.26 bits per heavy atom. The summed E-state index contributed by atoms with van der Waals surface area (Å²) < 4.78 is 254. The zero-order valence-corrected chi connectivity index (χ0v) is 17.0. The fraction of sp³-hybridized carbons (Fsp3) is 0.500. The zero-order chi connectivity index (χ0) is 30.7. The van der Waals surface area contributed by atoms with E-state index in [4.69, 9.17) is 11.5 Å². The first-order valence-electron chi connectivity index (χ1n) is 8.56. The number of rotatable bonds is 9. The molecule has 0 saturated carbocycles. The van der Waals surface area contributed by atoms with E-state index in [9.17, 15) is 83.4 Å². The molecule has 0 spiro atoms. The number of halogens is 19. The average molecular weight is 604 g/mol. The largest absolute Gasteiger partial charge is 0.460 e. The Morgan fingerprint density at radius 2 is 0.895 bits per heavy atom. The van der Waals surface area contributed by atoms with Crippen LogP contribution in [0.1, 0.15) is 0 Å². The van der Waals surface area contributed by atoms with Crippen LogP contribution in [0.25, 0.3) is 0 Å². The molecule has 0 aliphatic carbocycles. The summed E-state index contributed by atoms with van der Waals surface area (Å²) in [5.41, 5.74) is 9.32. The highest BCUT2D eigenvalue weighted by Gasteiger charge is 2.95. The fourth-order valence-corrected chi connectivity index (χ4v) is 2.19. The third-order valence-corrected chi connectivity index (χ3v) is 4.44. The summed E-state index contributed by atoms with van der Waals surface area (Å²) in [6.07, 6.45) is -7.92. The topological polar surface area (TPSA) is 61.3 Å². The molecule has 1 aromatic carbocycles. The molecule has 3 nitrogen and oxygen atoms in total. The van der Waals surface area contributed by atoms with Crippen LogP contribution >= 0.6 is 0 Å². The monoisotopic (exact) mass is 604 g/mol. The Hall–Kier alpha value is -2.97. The number of hydrogen-bond acceptors (Lipinski definition) is 3. The van der Waals surface area contributed by atoms with Crippen molar-refractivity contribution < 1.29 is 88.2 Å². The van der Waals surface area contributed by atoms with Gasteiger partial charge in [-0.3, -0.25) is 0 Å². The summed E-state index contributed by atoms with van der Waals surface area (Å²) in [6, 6.07) is -2.22. The molecule has 0 amide bonds. The van der Waals surface area contributed by atoms with Gasteiger partial charge >= 0.3 is 53.6 Å². The normalized spacial score (nSPS) is 15.9. The molecule has 0 heterocycles. The molecule has 0 fully saturated rings. The van der Waals surface area contributed by atoms with Crippen molar-refractivity contribution in [2.45, 2.75) is 47.6 Å². The van der Waals surface area contributed by atoms with E-state index in [1.807, 2.05) is 0 Å². The maximum absolute atomic E-state index is 13.7. The van der Waals surface area contributed by atoms with Crippen molar-refractivity contribution in [1.82, 2.24) is 0 Å². The van der Waals surface area contributed by atoms with Crippen molar-refractivity contribution in [1.29, 1.82) is 0 Å². The number of allylic oxidation sites excluding steroid dienone is 1. The molecule has 0 bridgehead atoms. The second-order valence-electron chi connectivity index (χ2n) is 7.00. The van der Waals surface area contributed by atoms with Crippen molar-refractivity contribution in [3.05, 3.63) is 30.0 Å². The summed E-state index contributed by atoms with van der Waals surface area (Å²) in [5, 5.41) is 0. The van der Waals surface area contributed by atoms with Gasteiger partial charge in [-0.05, 0) is 12.1 Å². The molecular formula is C16H7F19N2O. The second kappa shape index (κ2) is 9.06. The molecule has 1 rings (SSSR count). The van der Waals surface area contributed by atoms with Crippen molar-refractivity contribution in [3.8, 4) is 5.75 Å². The predicted octanol–water partition coefficient (Wildman–Crippen LogP) is 7.35. The van der Waals surface area contributed by atoms with E-state index in [1.54, 1.807) is 0 Å². The van der Waals surface area contributed by atoms with Crippen LogP contribution in [0, 0.1) is 0 Å². The van der Waals surface area contributed by atoms with Gasteiger partial charge in [-0.25, -0.2) is 0 Å². The average Bonchev–Trinajstić information content (AvgIpc) is 2.73. The van der Waals surface area contributed by atoms with Crippen molar-refractivity contribution >= 4 is 11.4 Å². The number of anilines is 2. The smallest absolute Gasteiger partial charge is 0.430 e. The van der Waals surface area contributed by atoms with E-state index >= 15 is 0 Å². The highest BCUT2D eigenvalue weighted by molar-refractivity contribution is 5.65.